The molecule has 2 heterocycles. The van der Waals surface area contributed by atoms with Gasteiger partial charge < -0.3 is 14.5 Å². The number of carbonyl (C=O) groups is 1. The Hall–Kier alpha value is -2.89. The van der Waals surface area contributed by atoms with E-state index in [1.54, 1.807) is 20.8 Å². The second kappa shape index (κ2) is 7.56. The second-order valence-corrected chi connectivity index (χ2v) is 6.08. The standard InChI is InChI=1S/C20H23N3O3/c1-5-14-7-9-15(10-8-14)11-21-18-17-16(20(24)25-6-2)12(3)26-19(17)23-13(4)22-18/h7-10H,5-6,11H2,1-4H3,(H,21,22,23). The highest BCUT2D eigenvalue weighted by atomic mass is 16.5. The van der Waals surface area contributed by atoms with Crippen LogP contribution >= 0.6 is 0 Å². The van der Waals surface area contributed by atoms with Gasteiger partial charge in [0.25, 0.3) is 0 Å². The lowest BCUT2D eigenvalue weighted by Gasteiger charge is -2.09. The number of aryl methyl sites for hydroxylation is 3. The SMILES string of the molecule is CCOC(=O)c1c(C)oc2nc(C)nc(NCc3ccc(CC)cc3)c12. The number of ether oxygens (including phenoxy) is 1. The van der Waals surface area contributed by atoms with Crippen LogP contribution in [0.1, 0.15) is 46.9 Å². The highest BCUT2D eigenvalue weighted by Crippen LogP contribution is 2.30. The number of rotatable bonds is 6. The number of furan rings is 1. The summed E-state index contributed by atoms with van der Waals surface area (Å²) in [6.07, 6.45) is 1.01. The van der Waals surface area contributed by atoms with E-state index in [-0.39, 0.29) is 0 Å². The summed E-state index contributed by atoms with van der Waals surface area (Å²) in [7, 11) is 0. The molecule has 3 aromatic rings. The number of hydrogen-bond acceptors (Lipinski definition) is 6. The maximum atomic E-state index is 12.4. The lowest BCUT2D eigenvalue weighted by molar-refractivity contribution is 0.0526. The van der Waals surface area contributed by atoms with E-state index in [4.69, 9.17) is 9.15 Å². The molecular weight excluding hydrogens is 330 g/mol. The first-order chi connectivity index (χ1) is 12.5. The van der Waals surface area contributed by atoms with Gasteiger partial charge in [-0.1, -0.05) is 31.2 Å². The molecule has 0 bridgehead atoms. The fourth-order valence-corrected chi connectivity index (χ4v) is 2.87. The Morgan fingerprint density at radius 3 is 2.46 bits per heavy atom. The van der Waals surface area contributed by atoms with Crippen molar-refractivity contribution in [3.63, 3.8) is 0 Å². The monoisotopic (exact) mass is 353 g/mol. The molecule has 136 valence electrons. The van der Waals surface area contributed by atoms with Gasteiger partial charge in [-0.3, -0.25) is 0 Å². The van der Waals surface area contributed by atoms with E-state index < -0.39 is 5.97 Å². The van der Waals surface area contributed by atoms with Crippen LogP contribution in [0.15, 0.2) is 28.7 Å². The summed E-state index contributed by atoms with van der Waals surface area (Å²) in [4.78, 5) is 21.1. The van der Waals surface area contributed by atoms with Crippen LogP contribution in [0.2, 0.25) is 0 Å². The topological polar surface area (TPSA) is 77.2 Å². The van der Waals surface area contributed by atoms with Crippen molar-refractivity contribution in [2.24, 2.45) is 0 Å². The first kappa shape index (κ1) is 17.9. The van der Waals surface area contributed by atoms with Crippen LogP contribution in [-0.4, -0.2) is 22.5 Å². The minimum absolute atomic E-state index is 0.296. The molecule has 6 nitrogen and oxygen atoms in total. The molecule has 0 spiro atoms. The molecule has 0 aliphatic carbocycles. The van der Waals surface area contributed by atoms with Gasteiger partial charge in [0.05, 0.1) is 12.0 Å². The lowest BCUT2D eigenvalue weighted by Crippen LogP contribution is -2.08. The van der Waals surface area contributed by atoms with Crippen molar-refractivity contribution >= 4 is 22.9 Å². The van der Waals surface area contributed by atoms with Crippen LogP contribution in [0.25, 0.3) is 11.1 Å². The number of aromatic nitrogens is 2. The van der Waals surface area contributed by atoms with Gasteiger partial charge in [0.1, 0.15) is 23.0 Å². The molecule has 0 saturated carbocycles. The van der Waals surface area contributed by atoms with Crippen LogP contribution in [0.5, 0.6) is 0 Å². The molecule has 0 atom stereocenters. The minimum atomic E-state index is -0.424. The summed E-state index contributed by atoms with van der Waals surface area (Å²) in [5.41, 5.74) is 3.20. The van der Waals surface area contributed by atoms with Gasteiger partial charge >= 0.3 is 5.97 Å². The van der Waals surface area contributed by atoms with Crippen molar-refractivity contribution in [1.82, 2.24) is 9.97 Å². The third-order valence-corrected chi connectivity index (χ3v) is 4.21. The molecule has 3 rings (SSSR count). The minimum Gasteiger partial charge on any atom is -0.462 e. The quantitative estimate of drug-likeness (QED) is 0.670. The van der Waals surface area contributed by atoms with Crippen molar-refractivity contribution in [2.45, 2.75) is 40.7 Å². The van der Waals surface area contributed by atoms with Crippen LogP contribution in [0.4, 0.5) is 5.82 Å². The highest BCUT2D eigenvalue weighted by molar-refractivity contribution is 6.07. The first-order valence-electron chi connectivity index (χ1n) is 8.80. The van der Waals surface area contributed by atoms with Crippen molar-refractivity contribution in [3.8, 4) is 0 Å². The predicted molar refractivity (Wildman–Crippen MR) is 100 cm³/mol. The van der Waals surface area contributed by atoms with Crippen molar-refractivity contribution in [3.05, 3.63) is 52.5 Å². The second-order valence-electron chi connectivity index (χ2n) is 6.08. The van der Waals surface area contributed by atoms with Crippen molar-refractivity contribution < 1.29 is 13.9 Å². The Labute approximate surface area is 152 Å². The number of benzene rings is 1. The van der Waals surface area contributed by atoms with E-state index in [1.165, 1.54) is 5.56 Å². The number of carbonyl (C=O) groups excluding carboxylic acids is 1. The average Bonchev–Trinajstić information content (AvgIpc) is 2.96. The first-order valence-corrected chi connectivity index (χ1v) is 8.80. The fraction of sp³-hybridized carbons (Fsp3) is 0.350. The number of esters is 1. The maximum Gasteiger partial charge on any atom is 0.342 e. The molecular formula is C20H23N3O3. The molecule has 0 saturated heterocycles. The Bertz CT molecular complexity index is 930. The maximum absolute atomic E-state index is 12.4. The van der Waals surface area contributed by atoms with Gasteiger partial charge in [-0.2, -0.15) is 4.98 Å². The normalized spacial score (nSPS) is 10.9. The van der Waals surface area contributed by atoms with E-state index in [0.29, 0.717) is 47.2 Å². The van der Waals surface area contributed by atoms with Gasteiger partial charge in [0.2, 0.25) is 5.71 Å². The van der Waals surface area contributed by atoms with Gasteiger partial charge in [0, 0.05) is 6.54 Å². The van der Waals surface area contributed by atoms with Crippen LogP contribution < -0.4 is 5.32 Å². The van der Waals surface area contributed by atoms with Crippen LogP contribution in [0.3, 0.4) is 0 Å². The number of nitrogens with one attached hydrogen (secondary N) is 1. The van der Waals surface area contributed by atoms with Crippen LogP contribution in [0, 0.1) is 13.8 Å². The summed E-state index contributed by atoms with van der Waals surface area (Å²) < 4.78 is 10.8. The molecule has 1 N–H and O–H groups in total. The van der Waals surface area contributed by atoms with E-state index >= 15 is 0 Å². The number of fused-ring (bicyclic) bond motifs is 1. The molecule has 1 aromatic carbocycles. The molecule has 0 unspecified atom stereocenters. The Morgan fingerprint density at radius 1 is 1.12 bits per heavy atom. The molecule has 0 radical (unpaired) electrons. The van der Waals surface area contributed by atoms with Crippen molar-refractivity contribution in [1.29, 1.82) is 0 Å². The smallest absolute Gasteiger partial charge is 0.342 e. The number of anilines is 1. The molecule has 0 fully saturated rings. The van der Waals surface area contributed by atoms with E-state index in [9.17, 15) is 4.79 Å². The van der Waals surface area contributed by atoms with Crippen molar-refractivity contribution in [2.75, 3.05) is 11.9 Å². The molecule has 0 amide bonds. The Kier molecular flexibility index (Phi) is 5.21. The fourth-order valence-electron chi connectivity index (χ4n) is 2.87. The molecule has 6 heteroatoms. The van der Waals surface area contributed by atoms with Gasteiger partial charge in [-0.05, 0) is 38.3 Å². The van der Waals surface area contributed by atoms with Crippen LogP contribution in [-0.2, 0) is 17.7 Å². The number of nitrogens with zero attached hydrogens (tertiary/aromatic N) is 2. The zero-order valence-electron chi connectivity index (χ0n) is 15.5. The zero-order chi connectivity index (χ0) is 18.7. The summed E-state index contributed by atoms with van der Waals surface area (Å²) in [5.74, 6) is 1.21. The highest BCUT2D eigenvalue weighted by Gasteiger charge is 2.24. The lowest BCUT2D eigenvalue weighted by atomic mass is 10.1. The molecule has 0 aliphatic heterocycles. The molecule has 26 heavy (non-hydrogen) atoms. The number of hydrogen-bond donors (Lipinski definition) is 1. The summed E-state index contributed by atoms with van der Waals surface area (Å²) >= 11 is 0. The summed E-state index contributed by atoms with van der Waals surface area (Å²) in [6, 6.07) is 8.40. The third-order valence-electron chi connectivity index (χ3n) is 4.21. The average molecular weight is 353 g/mol. The Morgan fingerprint density at radius 2 is 1.81 bits per heavy atom. The van der Waals surface area contributed by atoms with E-state index in [1.807, 2.05) is 0 Å². The summed E-state index contributed by atoms with van der Waals surface area (Å²) in [5, 5.41) is 3.88. The summed E-state index contributed by atoms with van der Waals surface area (Å²) in [6.45, 7) is 8.31. The largest absolute Gasteiger partial charge is 0.462 e. The van der Waals surface area contributed by atoms with E-state index in [0.717, 1.165) is 12.0 Å². The predicted octanol–water partition coefficient (Wildman–Crippen LogP) is 4.19. The third kappa shape index (κ3) is 3.54. The van der Waals surface area contributed by atoms with Gasteiger partial charge in [-0.15, -0.1) is 0 Å². The van der Waals surface area contributed by atoms with E-state index in [2.05, 4.69) is 46.5 Å². The Balaban J connectivity index is 1.96. The van der Waals surface area contributed by atoms with Gasteiger partial charge in [0.15, 0.2) is 0 Å². The van der Waals surface area contributed by atoms with Gasteiger partial charge in [-0.25, -0.2) is 9.78 Å². The molecule has 0 aliphatic rings. The molecule has 2 aromatic heterocycles. The zero-order valence-corrected chi connectivity index (χ0v) is 15.5.